The van der Waals surface area contributed by atoms with Crippen molar-refractivity contribution in [3.63, 3.8) is 0 Å². The second-order valence-corrected chi connectivity index (χ2v) is 6.05. The molecule has 1 aliphatic heterocycles. The molecule has 110 valence electrons. The Labute approximate surface area is 117 Å². The molecule has 0 spiro atoms. The summed E-state index contributed by atoms with van der Waals surface area (Å²) < 4.78 is 1.99. The van der Waals surface area contributed by atoms with Gasteiger partial charge in [0.2, 0.25) is 0 Å². The third kappa shape index (κ3) is 2.92. The zero-order chi connectivity index (χ0) is 14.9. The van der Waals surface area contributed by atoms with Crippen molar-refractivity contribution in [1.29, 1.82) is 0 Å². The molecular formula is C13H20N4O3. The van der Waals surface area contributed by atoms with Gasteiger partial charge in [-0.3, -0.25) is 0 Å². The summed E-state index contributed by atoms with van der Waals surface area (Å²) in [5.74, 6) is -0.210. The maximum Gasteiger partial charge on any atom is 0.326 e. The number of aromatic nitrogens is 2. The van der Waals surface area contributed by atoms with Gasteiger partial charge in [-0.2, -0.15) is 0 Å². The predicted octanol–water partition coefficient (Wildman–Crippen LogP) is 0.908. The molecule has 1 aliphatic rings. The van der Waals surface area contributed by atoms with E-state index >= 15 is 0 Å². The lowest BCUT2D eigenvalue weighted by atomic mass is 9.87. The zero-order valence-corrected chi connectivity index (χ0v) is 12.0. The fourth-order valence-corrected chi connectivity index (χ4v) is 2.21. The molecule has 1 unspecified atom stereocenters. The summed E-state index contributed by atoms with van der Waals surface area (Å²) in [6.45, 7) is 6.98. The molecular weight excluding hydrogens is 260 g/mol. The molecule has 2 rings (SSSR count). The van der Waals surface area contributed by atoms with Crippen molar-refractivity contribution in [3.05, 3.63) is 18.2 Å². The Morgan fingerprint density at radius 3 is 2.70 bits per heavy atom. The number of aliphatic carboxylic acids is 1. The first-order valence-corrected chi connectivity index (χ1v) is 6.57. The van der Waals surface area contributed by atoms with E-state index in [1.54, 1.807) is 31.9 Å². The van der Waals surface area contributed by atoms with Crippen LogP contribution in [0, 0.1) is 5.41 Å². The number of carboxylic acids is 1. The lowest BCUT2D eigenvalue weighted by Gasteiger charge is -2.32. The minimum atomic E-state index is -1.02. The number of hydrogen-bond donors (Lipinski definition) is 2. The molecule has 7 heteroatoms. The molecule has 20 heavy (non-hydrogen) atoms. The van der Waals surface area contributed by atoms with Crippen LogP contribution in [0.5, 0.6) is 0 Å². The van der Waals surface area contributed by atoms with Gasteiger partial charge in [-0.05, 0) is 5.41 Å². The van der Waals surface area contributed by atoms with Crippen molar-refractivity contribution >= 4 is 12.0 Å². The predicted molar refractivity (Wildman–Crippen MR) is 72.0 cm³/mol. The first-order valence-electron chi connectivity index (χ1n) is 6.57. The van der Waals surface area contributed by atoms with Gasteiger partial charge in [-0.25, -0.2) is 14.6 Å². The van der Waals surface area contributed by atoms with Crippen molar-refractivity contribution in [1.82, 2.24) is 19.8 Å². The van der Waals surface area contributed by atoms with Crippen LogP contribution in [-0.4, -0.2) is 44.1 Å². The van der Waals surface area contributed by atoms with Crippen molar-refractivity contribution < 1.29 is 14.7 Å². The summed E-state index contributed by atoms with van der Waals surface area (Å²) in [5.41, 5.74) is -0.546. The van der Waals surface area contributed by atoms with Crippen LogP contribution >= 0.6 is 0 Å². The smallest absolute Gasteiger partial charge is 0.326 e. The Balaban J connectivity index is 2.04. The first-order chi connectivity index (χ1) is 9.29. The number of hydrogen-bond acceptors (Lipinski definition) is 3. The summed E-state index contributed by atoms with van der Waals surface area (Å²) in [5, 5.41) is 11.8. The van der Waals surface area contributed by atoms with Gasteiger partial charge in [0.1, 0.15) is 11.9 Å². The van der Waals surface area contributed by atoms with Gasteiger partial charge in [-0.15, -0.1) is 0 Å². The number of fused-ring (bicyclic) bond motifs is 1. The monoisotopic (exact) mass is 280 g/mol. The number of carbonyl (C=O) groups is 2. The van der Waals surface area contributed by atoms with Crippen LogP contribution in [0.15, 0.2) is 12.4 Å². The molecule has 0 fully saturated rings. The van der Waals surface area contributed by atoms with E-state index < -0.39 is 17.4 Å². The number of imidazole rings is 1. The van der Waals surface area contributed by atoms with E-state index in [9.17, 15) is 14.7 Å². The summed E-state index contributed by atoms with van der Waals surface area (Å²) >= 11 is 0. The number of carboxylic acid groups (broad SMARTS) is 1. The van der Waals surface area contributed by atoms with Gasteiger partial charge in [0.25, 0.3) is 0 Å². The zero-order valence-electron chi connectivity index (χ0n) is 12.0. The molecule has 7 nitrogen and oxygen atoms in total. The maximum absolute atomic E-state index is 12.2. The van der Waals surface area contributed by atoms with Crippen LogP contribution in [0.2, 0.25) is 0 Å². The summed E-state index contributed by atoms with van der Waals surface area (Å²) in [6.07, 6.45) is 3.58. The topological polar surface area (TPSA) is 87.5 Å². The molecule has 2 N–H and O–H groups in total. The van der Waals surface area contributed by atoms with E-state index in [-0.39, 0.29) is 6.03 Å². The number of amides is 2. The molecule has 0 bridgehead atoms. The minimum absolute atomic E-state index is 0.360. The van der Waals surface area contributed by atoms with Gasteiger partial charge < -0.3 is 19.9 Å². The molecule has 1 atom stereocenters. The quantitative estimate of drug-likeness (QED) is 0.843. The molecule has 2 amide bonds. The third-order valence-electron chi connectivity index (χ3n) is 3.41. The standard InChI is InChI=1S/C13H20N4O3/c1-13(2,3)10(11(18)19)15-12(20)17-7-6-16-5-4-14-9(16)8-17/h4-5,10H,6-8H2,1-3H3,(H,15,20)(H,18,19). The number of rotatable bonds is 2. The van der Waals surface area contributed by atoms with Crippen molar-refractivity contribution in [2.24, 2.45) is 5.41 Å². The first kappa shape index (κ1) is 14.4. The average molecular weight is 280 g/mol. The third-order valence-corrected chi connectivity index (χ3v) is 3.41. The molecule has 0 saturated carbocycles. The molecule has 0 radical (unpaired) electrons. The Bertz CT molecular complexity index is 518. The van der Waals surface area contributed by atoms with Crippen LogP contribution in [0.4, 0.5) is 4.79 Å². The lowest BCUT2D eigenvalue weighted by Crippen LogP contribution is -2.54. The van der Waals surface area contributed by atoms with Crippen LogP contribution < -0.4 is 5.32 Å². The molecule has 0 saturated heterocycles. The van der Waals surface area contributed by atoms with E-state index in [2.05, 4.69) is 10.3 Å². The fraction of sp³-hybridized carbons (Fsp3) is 0.615. The molecule has 1 aromatic rings. The number of nitrogens with zero attached hydrogens (tertiary/aromatic N) is 3. The van der Waals surface area contributed by atoms with Gasteiger partial charge >= 0.3 is 12.0 Å². The van der Waals surface area contributed by atoms with E-state index in [1.807, 2.05) is 10.8 Å². The molecule has 1 aromatic heterocycles. The van der Waals surface area contributed by atoms with Crippen LogP contribution in [0.1, 0.15) is 26.6 Å². The van der Waals surface area contributed by atoms with Crippen molar-refractivity contribution in [2.45, 2.75) is 39.9 Å². The normalized spacial score (nSPS) is 16.4. The highest BCUT2D eigenvalue weighted by Gasteiger charge is 2.34. The van der Waals surface area contributed by atoms with E-state index in [0.29, 0.717) is 19.6 Å². The van der Waals surface area contributed by atoms with E-state index in [1.165, 1.54) is 0 Å². The van der Waals surface area contributed by atoms with Crippen LogP contribution in [0.25, 0.3) is 0 Å². The number of carbonyl (C=O) groups excluding carboxylic acids is 1. The van der Waals surface area contributed by atoms with E-state index in [0.717, 1.165) is 5.82 Å². The average Bonchev–Trinajstić information content (AvgIpc) is 2.80. The second-order valence-electron chi connectivity index (χ2n) is 6.05. The lowest BCUT2D eigenvalue weighted by molar-refractivity contribution is -0.142. The van der Waals surface area contributed by atoms with Crippen molar-refractivity contribution in [2.75, 3.05) is 6.54 Å². The number of nitrogens with one attached hydrogen (secondary N) is 1. The van der Waals surface area contributed by atoms with Gasteiger partial charge in [-0.1, -0.05) is 20.8 Å². The highest BCUT2D eigenvalue weighted by molar-refractivity contribution is 5.83. The highest BCUT2D eigenvalue weighted by Crippen LogP contribution is 2.20. The largest absolute Gasteiger partial charge is 0.480 e. The Hall–Kier alpha value is -2.05. The fourth-order valence-electron chi connectivity index (χ4n) is 2.21. The van der Waals surface area contributed by atoms with E-state index in [4.69, 9.17) is 0 Å². The molecule has 0 aromatic carbocycles. The van der Waals surface area contributed by atoms with Crippen LogP contribution in [-0.2, 0) is 17.9 Å². The minimum Gasteiger partial charge on any atom is -0.480 e. The Morgan fingerprint density at radius 2 is 2.10 bits per heavy atom. The van der Waals surface area contributed by atoms with Crippen molar-refractivity contribution in [3.8, 4) is 0 Å². The Kier molecular flexibility index (Phi) is 3.69. The molecule has 0 aliphatic carbocycles. The highest BCUT2D eigenvalue weighted by atomic mass is 16.4. The SMILES string of the molecule is CC(C)(C)C(NC(=O)N1CCn2ccnc2C1)C(=O)O. The summed E-state index contributed by atoms with van der Waals surface area (Å²) in [6, 6.07) is -1.28. The number of urea groups is 1. The summed E-state index contributed by atoms with van der Waals surface area (Å²) in [4.78, 5) is 29.2. The van der Waals surface area contributed by atoms with Crippen LogP contribution in [0.3, 0.4) is 0 Å². The van der Waals surface area contributed by atoms with Gasteiger partial charge in [0.05, 0.1) is 6.54 Å². The van der Waals surface area contributed by atoms with Gasteiger partial charge in [0.15, 0.2) is 0 Å². The second kappa shape index (κ2) is 5.15. The molecule has 2 heterocycles. The Morgan fingerprint density at radius 1 is 1.40 bits per heavy atom. The summed E-state index contributed by atoms with van der Waals surface area (Å²) in [7, 11) is 0. The van der Waals surface area contributed by atoms with Gasteiger partial charge in [0, 0.05) is 25.5 Å². The maximum atomic E-state index is 12.2.